The Morgan fingerprint density at radius 1 is 0.962 bits per heavy atom. The molecule has 4 heterocycles. The van der Waals surface area contributed by atoms with Gasteiger partial charge in [-0.15, -0.1) is 0 Å². The topological polar surface area (TPSA) is 70.5 Å². The minimum atomic E-state index is 0.763. The van der Waals surface area contributed by atoms with Crippen LogP contribution < -0.4 is 9.80 Å². The van der Waals surface area contributed by atoms with Gasteiger partial charge in [-0.25, -0.2) is 4.98 Å². The quantitative estimate of drug-likeness (QED) is 0.795. The molecular weight excluding hydrogens is 330 g/mol. The summed E-state index contributed by atoms with van der Waals surface area (Å²) in [6, 6.07) is 2.07. The number of hydrogen-bond donors (Lipinski definition) is 0. The minimum Gasteiger partial charge on any atom is -0.378 e. The Bertz CT molecular complexity index is 713. The summed E-state index contributed by atoms with van der Waals surface area (Å²) < 4.78 is 5.45. The summed E-state index contributed by atoms with van der Waals surface area (Å²) in [4.78, 5) is 25.0. The highest BCUT2D eigenvalue weighted by molar-refractivity contribution is 5.46. The molecule has 8 heteroatoms. The molecule has 2 saturated heterocycles. The molecule has 0 saturated carbocycles. The maximum absolute atomic E-state index is 5.45. The van der Waals surface area contributed by atoms with Crippen molar-refractivity contribution in [1.82, 2.24) is 24.8 Å². The van der Waals surface area contributed by atoms with Crippen LogP contribution in [-0.2, 0) is 11.3 Å². The maximum atomic E-state index is 5.45. The van der Waals surface area contributed by atoms with Gasteiger partial charge in [0.2, 0.25) is 5.95 Å². The highest BCUT2D eigenvalue weighted by Gasteiger charge is 2.21. The summed E-state index contributed by atoms with van der Waals surface area (Å²) in [6.45, 7) is 9.98. The SMILES string of the molecule is Cc1cc(N2CCOCC2)nc(N2CCN(Cc3cnccn3)CC2)n1. The van der Waals surface area contributed by atoms with Crippen LogP contribution >= 0.6 is 0 Å². The molecule has 0 bridgehead atoms. The van der Waals surface area contributed by atoms with Gasteiger partial charge < -0.3 is 14.5 Å². The van der Waals surface area contributed by atoms with Gasteiger partial charge in [-0.3, -0.25) is 14.9 Å². The van der Waals surface area contributed by atoms with Crippen LogP contribution in [0.2, 0.25) is 0 Å². The number of piperazine rings is 1. The van der Waals surface area contributed by atoms with Gasteiger partial charge in [-0.1, -0.05) is 0 Å². The Hall–Kier alpha value is -2.32. The first kappa shape index (κ1) is 17.1. The molecule has 2 aliphatic heterocycles. The molecule has 4 rings (SSSR count). The molecule has 2 aromatic heterocycles. The Morgan fingerprint density at radius 2 is 1.77 bits per heavy atom. The number of hydrogen-bond acceptors (Lipinski definition) is 8. The summed E-state index contributed by atoms with van der Waals surface area (Å²) in [5.41, 5.74) is 2.03. The first-order valence-corrected chi connectivity index (χ1v) is 9.18. The average Bonchev–Trinajstić information content (AvgIpc) is 2.70. The Kier molecular flexibility index (Phi) is 5.21. The summed E-state index contributed by atoms with van der Waals surface area (Å²) in [5.74, 6) is 1.85. The van der Waals surface area contributed by atoms with E-state index in [0.717, 1.165) is 82.2 Å². The largest absolute Gasteiger partial charge is 0.378 e. The molecule has 0 spiro atoms. The number of nitrogens with zero attached hydrogens (tertiary/aromatic N) is 7. The lowest BCUT2D eigenvalue weighted by Crippen LogP contribution is -2.47. The van der Waals surface area contributed by atoms with Crippen molar-refractivity contribution < 1.29 is 4.74 Å². The first-order chi connectivity index (χ1) is 12.8. The number of aromatic nitrogens is 4. The number of aryl methyl sites for hydroxylation is 1. The van der Waals surface area contributed by atoms with Gasteiger partial charge in [0, 0.05) is 76.2 Å². The van der Waals surface area contributed by atoms with Crippen LogP contribution in [-0.4, -0.2) is 77.3 Å². The van der Waals surface area contributed by atoms with Crippen LogP contribution in [0.15, 0.2) is 24.7 Å². The molecule has 0 unspecified atom stereocenters. The number of rotatable bonds is 4. The molecule has 8 nitrogen and oxygen atoms in total. The van der Waals surface area contributed by atoms with Gasteiger partial charge in [0.05, 0.1) is 18.9 Å². The van der Waals surface area contributed by atoms with E-state index in [0.29, 0.717) is 0 Å². The van der Waals surface area contributed by atoms with Gasteiger partial charge in [0.1, 0.15) is 5.82 Å². The molecule has 2 aromatic rings. The summed E-state index contributed by atoms with van der Waals surface area (Å²) in [6.07, 6.45) is 5.30. The van der Waals surface area contributed by atoms with E-state index in [-0.39, 0.29) is 0 Å². The average molecular weight is 355 g/mol. The molecular formula is C18H25N7O. The number of anilines is 2. The Morgan fingerprint density at radius 3 is 2.50 bits per heavy atom. The molecule has 0 aromatic carbocycles. The third-order valence-corrected chi connectivity index (χ3v) is 4.82. The monoisotopic (exact) mass is 355 g/mol. The van der Waals surface area contributed by atoms with Gasteiger partial charge in [0.15, 0.2) is 0 Å². The van der Waals surface area contributed by atoms with E-state index >= 15 is 0 Å². The molecule has 0 amide bonds. The third-order valence-electron chi connectivity index (χ3n) is 4.82. The van der Waals surface area contributed by atoms with E-state index in [2.05, 4.69) is 35.7 Å². The third kappa shape index (κ3) is 4.08. The second-order valence-corrected chi connectivity index (χ2v) is 6.73. The van der Waals surface area contributed by atoms with E-state index in [1.807, 2.05) is 13.1 Å². The zero-order chi connectivity index (χ0) is 17.8. The Labute approximate surface area is 153 Å². The second-order valence-electron chi connectivity index (χ2n) is 6.73. The summed E-state index contributed by atoms with van der Waals surface area (Å²) >= 11 is 0. The second kappa shape index (κ2) is 7.92. The standard InChI is InChI=1S/C18H25N7O/c1-15-12-17(24-8-10-26-11-9-24)22-18(21-15)25-6-4-23(5-7-25)14-16-13-19-2-3-20-16/h2-3,12-13H,4-11,14H2,1H3. The van der Waals surface area contributed by atoms with Crippen LogP contribution in [0, 0.1) is 6.92 Å². The molecule has 0 atom stereocenters. The molecule has 138 valence electrons. The molecule has 0 N–H and O–H groups in total. The summed E-state index contributed by atoms with van der Waals surface area (Å²) in [5, 5.41) is 0. The minimum absolute atomic E-state index is 0.763. The van der Waals surface area contributed by atoms with Gasteiger partial charge in [0.25, 0.3) is 0 Å². The van der Waals surface area contributed by atoms with Crippen molar-refractivity contribution in [3.05, 3.63) is 36.0 Å². The number of morpholine rings is 1. The smallest absolute Gasteiger partial charge is 0.227 e. The van der Waals surface area contributed by atoms with E-state index in [9.17, 15) is 0 Å². The molecule has 26 heavy (non-hydrogen) atoms. The fourth-order valence-electron chi connectivity index (χ4n) is 3.38. The maximum Gasteiger partial charge on any atom is 0.227 e. The Balaban J connectivity index is 1.40. The lowest BCUT2D eigenvalue weighted by atomic mass is 10.3. The van der Waals surface area contributed by atoms with Crippen molar-refractivity contribution in [2.75, 3.05) is 62.3 Å². The normalized spacial score (nSPS) is 19.0. The van der Waals surface area contributed by atoms with Crippen molar-refractivity contribution in [3.63, 3.8) is 0 Å². The van der Waals surface area contributed by atoms with E-state index in [1.165, 1.54) is 0 Å². The van der Waals surface area contributed by atoms with Crippen LogP contribution in [0.3, 0.4) is 0 Å². The van der Waals surface area contributed by atoms with E-state index < -0.39 is 0 Å². The fourth-order valence-corrected chi connectivity index (χ4v) is 3.38. The van der Waals surface area contributed by atoms with E-state index in [4.69, 9.17) is 9.72 Å². The van der Waals surface area contributed by atoms with Gasteiger partial charge >= 0.3 is 0 Å². The molecule has 2 aliphatic rings. The molecule has 2 fully saturated rings. The van der Waals surface area contributed by atoms with Gasteiger partial charge in [-0.05, 0) is 6.92 Å². The van der Waals surface area contributed by atoms with Crippen molar-refractivity contribution in [3.8, 4) is 0 Å². The molecule has 0 aliphatic carbocycles. The van der Waals surface area contributed by atoms with Crippen LogP contribution in [0.25, 0.3) is 0 Å². The van der Waals surface area contributed by atoms with Crippen molar-refractivity contribution in [2.24, 2.45) is 0 Å². The number of ether oxygens (including phenoxy) is 1. The van der Waals surface area contributed by atoms with Crippen molar-refractivity contribution in [1.29, 1.82) is 0 Å². The zero-order valence-electron chi connectivity index (χ0n) is 15.2. The van der Waals surface area contributed by atoms with Crippen molar-refractivity contribution in [2.45, 2.75) is 13.5 Å². The van der Waals surface area contributed by atoms with E-state index in [1.54, 1.807) is 12.4 Å². The zero-order valence-corrected chi connectivity index (χ0v) is 15.2. The predicted octanol–water partition coefficient (Wildman–Crippen LogP) is 0.734. The van der Waals surface area contributed by atoms with Crippen LogP contribution in [0.4, 0.5) is 11.8 Å². The highest BCUT2D eigenvalue weighted by atomic mass is 16.5. The van der Waals surface area contributed by atoms with Gasteiger partial charge in [-0.2, -0.15) is 4.98 Å². The van der Waals surface area contributed by atoms with Crippen molar-refractivity contribution >= 4 is 11.8 Å². The first-order valence-electron chi connectivity index (χ1n) is 9.18. The predicted molar refractivity (Wildman–Crippen MR) is 99.3 cm³/mol. The lowest BCUT2D eigenvalue weighted by molar-refractivity contribution is 0.122. The summed E-state index contributed by atoms with van der Waals surface area (Å²) in [7, 11) is 0. The molecule has 0 radical (unpaired) electrons. The lowest BCUT2D eigenvalue weighted by Gasteiger charge is -2.35. The fraction of sp³-hybridized carbons (Fsp3) is 0.556. The van der Waals surface area contributed by atoms with Crippen LogP contribution in [0.5, 0.6) is 0 Å². The van der Waals surface area contributed by atoms with Crippen LogP contribution in [0.1, 0.15) is 11.4 Å². The highest BCUT2D eigenvalue weighted by Crippen LogP contribution is 2.20.